The third-order valence-electron chi connectivity index (χ3n) is 5.47. The molecule has 114 valence electrons. The number of carbonyl (C=O) groups is 1. The molecule has 0 spiro atoms. The average molecular weight is 279 g/mol. The van der Waals surface area contributed by atoms with E-state index in [4.69, 9.17) is 0 Å². The fourth-order valence-electron chi connectivity index (χ4n) is 4.36. The van der Waals surface area contributed by atoms with Gasteiger partial charge >= 0.3 is 0 Å². The van der Waals surface area contributed by atoms with Crippen LogP contribution in [-0.2, 0) is 4.79 Å². The predicted molar refractivity (Wildman–Crippen MR) is 80.3 cm³/mol. The minimum absolute atomic E-state index is 0.0292. The van der Waals surface area contributed by atoms with E-state index in [2.05, 4.69) is 35.9 Å². The van der Waals surface area contributed by atoms with Crippen molar-refractivity contribution in [3.8, 4) is 0 Å². The number of hydrogen-bond donors (Lipinski definition) is 1. The summed E-state index contributed by atoms with van der Waals surface area (Å²) < 4.78 is 0. The maximum Gasteiger partial charge on any atom is 0.241 e. The Morgan fingerprint density at radius 2 is 2.05 bits per heavy atom. The third kappa shape index (κ3) is 2.37. The molecular formula is C16H29N3O. The zero-order valence-electron chi connectivity index (χ0n) is 13.1. The summed E-state index contributed by atoms with van der Waals surface area (Å²) in [5.74, 6) is 0.733. The van der Waals surface area contributed by atoms with E-state index in [9.17, 15) is 4.79 Å². The van der Waals surface area contributed by atoms with Crippen LogP contribution in [0.3, 0.4) is 0 Å². The molecule has 3 heterocycles. The molecule has 3 aliphatic rings. The highest BCUT2D eigenvalue weighted by Gasteiger charge is 2.45. The lowest BCUT2D eigenvalue weighted by molar-refractivity contribution is -0.134. The van der Waals surface area contributed by atoms with E-state index >= 15 is 0 Å². The molecule has 4 heteroatoms. The smallest absolute Gasteiger partial charge is 0.241 e. The Hall–Kier alpha value is -0.610. The molecule has 0 bridgehead atoms. The van der Waals surface area contributed by atoms with E-state index in [0.717, 1.165) is 18.9 Å². The number of amides is 1. The lowest BCUT2D eigenvalue weighted by Crippen LogP contribution is -2.51. The molecule has 0 aromatic rings. The molecule has 4 atom stereocenters. The third-order valence-corrected chi connectivity index (χ3v) is 5.47. The quantitative estimate of drug-likeness (QED) is 0.856. The number of carbonyl (C=O) groups excluding carboxylic acids is 1. The van der Waals surface area contributed by atoms with Crippen molar-refractivity contribution in [1.29, 1.82) is 0 Å². The van der Waals surface area contributed by atoms with Gasteiger partial charge in [-0.15, -0.1) is 0 Å². The van der Waals surface area contributed by atoms with Gasteiger partial charge in [-0.05, 0) is 44.6 Å². The first-order valence-electron chi connectivity index (χ1n) is 8.44. The Morgan fingerprint density at radius 1 is 1.25 bits per heavy atom. The molecule has 3 fully saturated rings. The first-order chi connectivity index (χ1) is 9.61. The van der Waals surface area contributed by atoms with Crippen LogP contribution in [0.2, 0.25) is 0 Å². The van der Waals surface area contributed by atoms with Crippen LogP contribution in [0.1, 0.15) is 52.9 Å². The van der Waals surface area contributed by atoms with Gasteiger partial charge in [-0.25, -0.2) is 0 Å². The van der Waals surface area contributed by atoms with Gasteiger partial charge in [0.05, 0.1) is 12.2 Å². The molecule has 0 aromatic heterocycles. The fourth-order valence-corrected chi connectivity index (χ4v) is 4.36. The summed E-state index contributed by atoms with van der Waals surface area (Å²) in [4.78, 5) is 17.6. The van der Waals surface area contributed by atoms with Gasteiger partial charge in [-0.2, -0.15) is 0 Å². The summed E-state index contributed by atoms with van der Waals surface area (Å²) in [6.45, 7) is 8.93. The zero-order valence-corrected chi connectivity index (χ0v) is 13.1. The molecular weight excluding hydrogens is 250 g/mol. The van der Waals surface area contributed by atoms with E-state index in [1.807, 2.05) is 0 Å². The van der Waals surface area contributed by atoms with Gasteiger partial charge in [-0.1, -0.05) is 20.8 Å². The van der Waals surface area contributed by atoms with Crippen LogP contribution in [0.4, 0.5) is 0 Å². The number of rotatable bonds is 3. The van der Waals surface area contributed by atoms with Crippen molar-refractivity contribution in [2.24, 2.45) is 5.92 Å². The lowest BCUT2D eigenvalue weighted by Gasteiger charge is -2.41. The molecule has 0 radical (unpaired) electrons. The predicted octanol–water partition coefficient (Wildman–Crippen LogP) is 1.81. The Bertz CT molecular complexity index is 371. The standard InChI is InChI=1S/C16H29N3O/c1-4-14-17-15(11(2)3)16(20)19(14)13-7-9-18-8-5-6-12(18)10-13/h11-15,17H,4-10H2,1-3H3. The summed E-state index contributed by atoms with van der Waals surface area (Å²) in [5.41, 5.74) is 0. The molecule has 4 unspecified atom stereocenters. The molecule has 3 aliphatic heterocycles. The molecule has 1 amide bonds. The van der Waals surface area contributed by atoms with Crippen molar-refractivity contribution in [2.75, 3.05) is 13.1 Å². The number of piperidine rings is 1. The van der Waals surface area contributed by atoms with E-state index in [1.54, 1.807) is 0 Å². The minimum Gasteiger partial charge on any atom is -0.323 e. The van der Waals surface area contributed by atoms with Crippen LogP contribution in [0.25, 0.3) is 0 Å². The van der Waals surface area contributed by atoms with Gasteiger partial charge in [0.2, 0.25) is 5.91 Å². The second-order valence-corrected chi connectivity index (χ2v) is 7.07. The van der Waals surface area contributed by atoms with Gasteiger partial charge in [0, 0.05) is 18.6 Å². The topological polar surface area (TPSA) is 35.6 Å². The van der Waals surface area contributed by atoms with Gasteiger partial charge in [0.1, 0.15) is 0 Å². The summed E-state index contributed by atoms with van der Waals surface area (Å²) in [5, 5.41) is 3.56. The van der Waals surface area contributed by atoms with Crippen molar-refractivity contribution in [3.63, 3.8) is 0 Å². The van der Waals surface area contributed by atoms with E-state index in [0.29, 0.717) is 17.9 Å². The highest BCUT2D eigenvalue weighted by atomic mass is 16.2. The molecule has 4 nitrogen and oxygen atoms in total. The number of fused-ring (bicyclic) bond motifs is 1. The van der Waals surface area contributed by atoms with E-state index in [-0.39, 0.29) is 12.2 Å². The molecule has 20 heavy (non-hydrogen) atoms. The second-order valence-electron chi connectivity index (χ2n) is 7.07. The summed E-state index contributed by atoms with van der Waals surface area (Å²) in [6.07, 6.45) is 6.29. The Morgan fingerprint density at radius 3 is 2.75 bits per heavy atom. The first-order valence-corrected chi connectivity index (χ1v) is 8.44. The van der Waals surface area contributed by atoms with Crippen LogP contribution in [-0.4, -0.2) is 53.1 Å². The van der Waals surface area contributed by atoms with Crippen molar-refractivity contribution in [3.05, 3.63) is 0 Å². The van der Waals surface area contributed by atoms with Crippen molar-refractivity contribution >= 4 is 5.91 Å². The van der Waals surface area contributed by atoms with Gasteiger partial charge in [0.25, 0.3) is 0 Å². The van der Waals surface area contributed by atoms with E-state index < -0.39 is 0 Å². The number of nitrogens with one attached hydrogen (secondary N) is 1. The molecule has 1 N–H and O–H groups in total. The molecule has 3 rings (SSSR count). The van der Waals surface area contributed by atoms with Crippen LogP contribution in [0.5, 0.6) is 0 Å². The van der Waals surface area contributed by atoms with Crippen molar-refractivity contribution in [1.82, 2.24) is 15.1 Å². The average Bonchev–Trinajstić information content (AvgIpc) is 3.01. The maximum atomic E-state index is 12.8. The Balaban J connectivity index is 1.72. The van der Waals surface area contributed by atoms with E-state index in [1.165, 1.54) is 32.4 Å². The molecule has 3 saturated heterocycles. The zero-order chi connectivity index (χ0) is 14.3. The first kappa shape index (κ1) is 14.3. The van der Waals surface area contributed by atoms with Gasteiger partial charge in [0.15, 0.2) is 0 Å². The monoisotopic (exact) mass is 279 g/mol. The fraction of sp³-hybridized carbons (Fsp3) is 0.938. The highest BCUT2D eigenvalue weighted by Crippen LogP contribution is 2.32. The van der Waals surface area contributed by atoms with Crippen molar-refractivity contribution < 1.29 is 4.79 Å². The van der Waals surface area contributed by atoms with Crippen LogP contribution in [0.15, 0.2) is 0 Å². The summed E-state index contributed by atoms with van der Waals surface area (Å²) >= 11 is 0. The van der Waals surface area contributed by atoms with Crippen LogP contribution < -0.4 is 5.32 Å². The number of nitrogens with zero attached hydrogens (tertiary/aromatic N) is 2. The largest absolute Gasteiger partial charge is 0.323 e. The SMILES string of the molecule is CCC1NC(C(C)C)C(=O)N1C1CCN2CCCC2C1. The minimum atomic E-state index is 0.0292. The summed E-state index contributed by atoms with van der Waals surface area (Å²) in [6, 6.07) is 1.22. The van der Waals surface area contributed by atoms with Crippen molar-refractivity contribution in [2.45, 2.75) is 77.2 Å². The molecule has 0 aliphatic carbocycles. The van der Waals surface area contributed by atoms with Crippen LogP contribution >= 0.6 is 0 Å². The number of hydrogen-bond acceptors (Lipinski definition) is 3. The highest BCUT2D eigenvalue weighted by molar-refractivity contribution is 5.85. The maximum absolute atomic E-state index is 12.8. The van der Waals surface area contributed by atoms with Gasteiger partial charge in [-0.3, -0.25) is 10.1 Å². The summed E-state index contributed by atoms with van der Waals surface area (Å²) in [7, 11) is 0. The molecule has 0 saturated carbocycles. The Labute approximate surface area is 122 Å². The Kier molecular flexibility index (Phi) is 4.04. The lowest BCUT2D eigenvalue weighted by atomic mass is 9.95. The van der Waals surface area contributed by atoms with Crippen LogP contribution in [0, 0.1) is 5.92 Å². The normalized spacial score (nSPS) is 38.8. The second kappa shape index (κ2) is 5.64. The van der Waals surface area contributed by atoms with Gasteiger partial charge < -0.3 is 9.80 Å². The molecule has 0 aromatic carbocycles.